The molecule has 0 unspecified atom stereocenters. The Kier molecular flexibility index (Phi) is 5.31. The fraction of sp³-hybridized carbons (Fsp3) is 0.105. The van der Waals surface area contributed by atoms with Crippen LogP contribution in [0.4, 0.5) is 16.2 Å². The van der Waals surface area contributed by atoms with Gasteiger partial charge in [-0.2, -0.15) is 10.1 Å². The molecular weight excluding hydrogens is 317 g/mol. The molecule has 1 aromatic heterocycles. The third-order valence-electron chi connectivity index (χ3n) is 3.39. The first-order chi connectivity index (χ1) is 12.2. The highest BCUT2D eigenvalue weighted by Crippen LogP contribution is 2.11. The zero-order valence-corrected chi connectivity index (χ0v) is 13.8. The number of aromatic nitrogens is 2. The van der Waals surface area contributed by atoms with Crippen LogP contribution in [0.1, 0.15) is 16.8 Å². The molecular formula is C19H18FN5. The lowest BCUT2D eigenvalue weighted by Gasteiger charge is -2.08. The summed E-state index contributed by atoms with van der Waals surface area (Å²) >= 11 is 0. The lowest BCUT2D eigenvalue weighted by atomic mass is 10.2. The van der Waals surface area contributed by atoms with Gasteiger partial charge in [0.2, 0.25) is 5.95 Å². The van der Waals surface area contributed by atoms with E-state index >= 15 is 0 Å². The molecule has 0 atom stereocenters. The second kappa shape index (κ2) is 8.01. The summed E-state index contributed by atoms with van der Waals surface area (Å²) in [6, 6.07) is 18.0. The molecule has 0 radical (unpaired) electrons. The Bertz CT molecular complexity index is 865. The van der Waals surface area contributed by atoms with Crippen molar-refractivity contribution >= 4 is 18.0 Å². The van der Waals surface area contributed by atoms with Gasteiger partial charge in [-0.1, -0.05) is 42.5 Å². The Balaban J connectivity index is 1.64. The minimum absolute atomic E-state index is 0.297. The Morgan fingerprint density at radius 2 is 1.88 bits per heavy atom. The molecule has 2 N–H and O–H groups in total. The van der Waals surface area contributed by atoms with Gasteiger partial charge in [0, 0.05) is 18.3 Å². The zero-order chi connectivity index (χ0) is 17.5. The first-order valence-electron chi connectivity index (χ1n) is 7.87. The van der Waals surface area contributed by atoms with Crippen LogP contribution in [0.2, 0.25) is 0 Å². The van der Waals surface area contributed by atoms with E-state index in [1.807, 2.05) is 37.3 Å². The number of hydrazone groups is 1. The maximum absolute atomic E-state index is 13.1. The third kappa shape index (κ3) is 5.10. The molecule has 2 aromatic carbocycles. The van der Waals surface area contributed by atoms with Gasteiger partial charge < -0.3 is 5.32 Å². The third-order valence-corrected chi connectivity index (χ3v) is 3.39. The van der Waals surface area contributed by atoms with Gasteiger partial charge in [0.1, 0.15) is 5.82 Å². The predicted octanol–water partition coefficient (Wildman–Crippen LogP) is 3.98. The molecule has 0 saturated heterocycles. The summed E-state index contributed by atoms with van der Waals surface area (Å²) in [7, 11) is 0. The second-order valence-electron chi connectivity index (χ2n) is 5.48. The highest BCUT2D eigenvalue weighted by molar-refractivity contribution is 5.80. The van der Waals surface area contributed by atoms with Crippen LogP contribution in [0.15, 0.2) is 65.8 Å². The van der Waals surface area contributed by atoms with E-state index in [9.17, 15) is 4.39 Å². The summed E-state index contributed by atoms with van der Waals surface area (Å²) in [5, 5.41) is 7.29. The monoisotopic (exact) mass is 335 g/mol. The van der Waals surface area contributed by atoms with Crippen molar-refractivity contribution in [3.05, 3.63) is 83.3 Å². The molecule has 0 bridgehead atoms. The lowest BCUT2D eigenvalue weighted by Crippen LogP contribution is -2.06. The standard InChI is InChI=1S/C19H18FN5/c1-14-10-18(25-22-13-16-8-5-9-17(20)11-16)24-19(23-14)21-12-15-6-3-2-4-7-15/h2-11,13H,12H2,1H3,(H2,21,23,24,25). The highest BCUT2D eigenvalue weighted by Gasteiger charge is 2.02. The number of halogens is 1. The van der Waals surface area contributed by atoms with Crippen molar-refractivity contribution < 1.29 is 4.39 Å². The average molecular weight is 335 g/mol. The predicted molar refractivity (Wildman–Crippen MR) is 98.2 cm³/mol. The molecule has 0 saturated carbocycles. The minimum Gasteiger partial charge on any atom is -0.350 e. The summed E-state index contributed by atoms with van der Waals surface area (Å²) < 4.78 is 13.1. The molecule has 1 heterocycles. The van der Waals surface area contributed by atoms with Crippen LogP contribution in [0.25, 0.3) is 0 Å². The van der Waals surface area contributed by atoms with E-state index in [1.165, 1.54) is 18.3 Å². The van der Waals surface area contributed by atoms with Crippen LogP contribution < -0.4 is 10.7 Å². The van der Waals surface area contributed by atoms with Crippen molar-refractivity contribution in [1.29, 1.82) is 0 Å². The van der Waals surface area contributed by atoms with Crippen LogP contribution in [0.5, 0.6) is 0 Å². The molecule has 0 fully saturated rings. The number of benzene rings is 2. The van der Waals surface area contributed by atoms with E-state index in [0.29, 0.717) is 23.9 Å². The zero-order valence-electron chi connectivity index (χ0n) is 13.8. The van der Waals surface area contributed by atoms with E-state index in [2.05, 4.69) is 25.8 Å². The van der Waals surface area contributed by atoms with E-state index < -0.39 is 0 Å². The number of nitrogens with one attached hydrogen (secondary N) is 2. The first-order valence-corrected chi connectivity index (χ1v) is 7.87. The molecule has 6 heteroatoms. The van der Waals surface area contributed by atoms with Gasteiger partial charge in [0.05, 0.1) is 6.21 Å². The Morgan fingerprint density at radius 3 is 2.68 bits per heavy atom. The average Bonchev–Trinajstić information content (AvgIpc) is 2.61. The van der Waals surface area contributed by atoms with Crippen LogP contribution in [-0.4, -0.2) is 16.2 Å². The SMILES string of the molecule is Cc1cc(NN=Cc2cccc(F)c2)nc(NCc2ccccc2)n1. The van der Waals surface area contributed by atoms with E-state index in [0.717, 1.165) is 11.3 Å². The molecule has 0 aliphatic rings. The van der Waals surface area contributed by atoms with Crippen molar-refractivity contribution in [2.45, 2.75) is 13.5 Å². The van der Waals surface area contributed by atoms with E-state index in [-0.39, 0.29) is 5.82 Å². The Hall–Kier alpha value is -3.28. The molecule has 3 rings (SSSR count). The molecule has 3 aromatic rings. The highest BCUT2D eigenvalue weighted by atomic mass is 19.1. The fourth-order valence-electron chi connectivity index (χ4n) is 2.24. The number of aryl methyl sites for hydroxylation is 1. The number of nitrogens with zero attached hydrogens (tertiary/aromatic N) is 3. The first kappa shape index (κ1) is 16.6. The van der Waals surface area contributed by atoms with Crippen molar-refractivity contribution in [1.82, 2.24) is 9.97 Å². The van der Waals surface area contributed by atoms with Crippen LogP contribution in [0, 0.1) is 12.7 Å². The summed E-state index contributed by atoms with van der Waals surface area (Å²) in [6.07, 6.45) is 1.54. The molecule has 0 aliphatic carbocycles. The summed E-state index contributed by atoms with van der Waals surface area (Å²) in [5.41, 5.74) is 5.47. The molecule has 0 aliphatic heterocycles. The van der Waals surface area contributed by atoms with E-state index in [4.69, 9.17) is 0 Å². The van der Waals surface area contributed by atoms with Crippen LogP contribution in [0.3, 0.4) is 0 Å². The molecule has 0 amide bonds. The van der Waals surface area contributed by atoms with Crippen molar-refractivity contribution in [3.63, 3.8) is 0 Å². The maximum Gasteiger partial charge on any atom is 0.225 e. The molecule has 25 heavy (non-hydrogen) atoms. The van der Waals surface area contributed by atoms with E-state index in [1.54, 1.807) is 18.2 Å². The number of anilines is 2. The number of rotatable bonds is 6. The van der Waals surface area contributed by atoms with Gasteiger partial charge in [-0.15, -0.1) is 0 Å². The van der Waals surface area contributed by atoms with Gasteiger partial charge in [-0.05, 0) is 30.2 Å². The molecule has 0 spiro atoms. The van der Waals surface area contributed by atoms with Gasteiger partial charge in [0.25, 0.3) is 0 Å². The fourth-order valence-corrected chi connectivity index (χ4v) is 2.24. The van der Waals surface area contributed by atoms with Gasteiger partial charge in [-0.25, -0.2) is 9.37 Å². The Morgan fingerprint density at radius 1 is 1.04 bits per heavy atom. The summed E-state index contributed by atoms with van der Waals surface area (Å²) in [6.45, 7) is 2.52. The smallest absolute Gasteiger partial charge is 0.225 e. The second-order valence-corrected chi connectivity index (χ2v) is 5.48. The van der Waals surface area contributed by atoms with Crippen molar-refractivity contribution in [2.24, 2.45) is 5.10 Å². The molecule has 126 valence electrons. The number of hydrogen-bond donors (Lipinski definition) is 2. The molecule has 5 nitrogen and oxygen atoms in total. The summed E-state index contributed by atoms with van der Waals surface area (Å²) in [5.74, 6) is 0.789. The van der Waals surface area contributed by atoms with Gasteiger partial charge in [0.15, 0.2) is 5.82 Å². The number of hydrogen-bond acceptors (Lipinski definition) is 5. The largest absolute Gasteiger partial charge is 0.350 e. The van der Waals surface area contributed by atoms with Crippen LogP contribution in [-0.2, 0) is 6.54 Å². The maximum atomic E-state index is 13.1. The van der Waals surface area contributed by atoms with Crippen molar-refractivity contribution in [3.8, 4) is 0 Å². The van der Waals surface area contributed by atoms with Gasteiger partial charge >= 0.3 is 0 Å². The Labute approximate surface area is 145 Å². The lowest BCUT2D eigenvalue weighted by molar-refractivity contribution is 0.627. The topological polar surface area (TPSA) is 62.2 Å². The quantitative estimate of drug-likeness (QED) is 0.528. The van der Waals surface area contributed by atoms with Crippen LogP contribution >= 0.6 is 0 Å². The summed E-state index contributed by atoms with van der Waals surface area (Å²) in [4.78, 5) is 8.74. The van der Waals surface area contributed by atoms with Crippen molar-refractivity contribution in [2.75, 3.05) is 10.7 Å². The minimum atomic E-state index is -0.297. The van der Waals surface area contributed by atoms with Gasteiger partial charge in [-0.3, -0.25) is 5.43 Å². The normalized spacial score (nSPS) is 10.8.